The highest BCUT2D eigenvalue weighted by atomic mass is 32.2. The molecule has 33 heavy (non-hydrogen) atoms. The van der Waals surface area contributed by atoms with Crippen LogP contribution in [0.5, 0.6) is 5.75 Å². The Morgan fingerprint density at radius 2 is 2.15 bits per heavy atom. The number of aryl methyl sites for hydroxylation is 2. The molecule has 1 atom stereocenters. The van der Waals surface area contributed by atoms with Crippen LogP contribution in [0, 0.1) is 6.92 Å². The molecule has 176 valence electrons. The molecule has 1 aliphatic rings. The minimum atomic E-state index is -4.07. The summed E-state index contributed by atoms with van der Waals surface area (Å²) in [6.45, 7) is 3.28. The Hall–Kier alpha value is -3.32. The second kappa shape index (κ2) is 8.23. The molecule has 0 aromatic carbocycles. The summed E-state index contributed by atoms with van der Waals surface area (Å²) in [4.78, 5) is 16.3. The van der Waals surface area contributed by atoms with Crippen LogP contribution in [0.25, 0.3) is 0 Å². The van der Waals surface area contributed by atoms with E-state index in [4.69, 9.17) is 9.26 Å². The number of sulfonamides is 1. The van der Waals surface area contributed by atoms with Gasteiger partial charge in [0.05, 0.1) is 11.2 Å². The molecule has 0 spiro atoms. The van der Waals surface area contributed by atoms with E-state index in [1.54, 1.807) is 19.9 Å². The summed E-state index contributed by atoms with van der Waals surface area (Å²) >= 11 is 0. The number of nitrogens with zero attached hydrogens (tertiary/aromatic N) is 3. The first-order valence-electron chi connectivity index (χ1n) is 9.81. The van der Waals surface area contributed by atoms with E-state index in [1.165, 1.54) is 23.9 Å². The third-order valence-electron chi connectivity index (χ3n) is 5.03. The Morgan fingerprint density at radius 3 is 2.82 bits per heavy atom. The van der Waals surface area contributed by atoms with Crippen molar-refractivity contribution < 1.29 is 31.3 Å². The van der Waals surface area contributed by atoms with Crippen molar-refractivity contribution in [2.24, 2.45) is 7.05 Å². The number of rotatable bonds is 5. The van der Waals surface area contributed by atoms with Gasteiger partial charge in [0.25, 0.3) is 12.3 Å². The number of pyridine rings is 1. The van der Waals surface area contributed by atoms with Crippen LogP contribution in [0.1, 0.15) is 41.0 Å². The number of nitrogens with one attached hydrogen (secondary N) is 2. The summed E-state index contributed by atoms with van der Waals surface area (Å²) < 4.78 is 66.9. The molecular weight excluding hydrogens is 460 g/mol. The zero-order valence-corrected chi connectivity index (χ0v) is 18.7. The Labute approximate surface area is 188 Å². The maximum Gasteiger partial charge on any atom is 0.280 e. The fourth-order valence-corrected chi connectivity index (χ4v) is 5.22. The predicted octanol–water partition coefficient (Wildman–Crippen LogP) is 2.58. The smallest absolute Gasteiger partial charge is 0.280 e. The summed E-state index contributed by atoms with van der Waals surface area (Å²) in [6.07, 6.45) is -0.214. The minimum Gasteiger partial charge on any atom is -0.488 e. The second-order valence-corrected chi connectivity index (χ2v) is 9.72. The highest BCUT2D eigenvalue weighted by Gasteiger charge is 2.40. The number of carbonyl (C=O) groups excluding carboxylic acids is 1. The lowest BCUT2D eigenvalue weighted by Crippen LogP contribution is -2.50. The summed E-state index contributed by atoms with van der Waals surface area (Å²) in [7, 11) is -2.59. The van der Waals surface area contributed by atoms with Gasteiger partial charge >= 0.3 is 0 Å². The normalized spacial score (nSPS) is 19.6. The lowest BCUT2D eigenvalue weighted by atomic mass is 9.98. The van der Waals surface area contributed by atoms with E-state index in [1.807, 2.05) is 0 Å². The first-order chi connectivity index (χ1) is 15.5. The molecule has 1 aliphatic heterocycles. The highest BCUT2D eigenvalue weighted by Crippen LogP contribution is 2.35. The van der Waals surface area contributed by atoms with Crippen LogP contribution in [-0.2, 0) is 23.5 Å². The third-order valence-corrected chi connectivity index (χ3v) is 6.66. The maximum atomic E-state index is 13.1. The van der Waals surface area contributed by atoms with Gasteiger partial charge in [-0.3, -0.25) is 9.78 Å². The lowest BCUT2D eigenvalue weighted by molar-refractivity contribution is 0.101. The molecular formula is C20H21F2N5O5S. The zero-order valence-electron chi connectivity index (χ0n) is 17.9. The van der Waals surface area contributed by atoms with Gasteiger partial charge in [-0.05, 0) is 26.0 Å². The van der Waals surface area contributed by atoms with Gasteiger partial charge in [-0.15, -0.1) is 0 Å². The van der Waals surface area contributed by atoms with Gasteiger partial charge in [-0.25, -0.2) is 21.9 Å². The van der Waals surface area contributed by atoms with Crippen molar-refractivity contribution in [3.8, 4) is 5.75 Å². The van der Waals surface area contributed by atoms with Gasteiger partial charge in [0, 0.05) is 37.6 Å². The zero-order chi connectivity index (χ0) is 24.0. The van der Waals surface area contributed by atoms with Crippen molar-refractivity contribution in [2.75, 3.05) is 11.9 Å². The van der Waals surface area contributed by atoms with E-state index < -0.39 is 33.6 Å². The van der Waals surface area contributed by atoms with Crippen LogP contribution < -0.4 is 14.8 Å². The van der Waals surface area contributed by atoms with Crippen molar-refractivity contribution in [3.05, 3.63) is 53.4 Å². The van der Waals surface area contributed by atoms with Gasteiger partial charge in [0.2, 0.25) is 10.0 Å². The molecule has 0 aliphatic carbocycles. The van der Waals surface area contributed by atoms with Crippen molar-refractivity contribution in [1.29, 1.82) is 0 Å². The number of alkyl halides is 2. The second-order valence-electron chi connectivity index (χ2n) is 8.07. The summed E-state index contributed by atoms with van der Waals surface area (Å²) in [5, 5.41) is 6.40. The van der Waals surface area contributed by atoms with Crippen LogP contribution in [0.15, 0.2) is 40.0 Å². The number of hydrogen-bond acceptors (Lipinski definition) is 7. The number of fused-ring (bicyclic) bond motifs is 1. The van der Waals surface area contributed by atoms with Crippen molar-refractivity contribution in [3.63, 3.8) is 0 Å². The SMILES string of the molecule is Cc1cc(CC2(C)COc3c(cn(C)c3C(=O)Nc3ccnc(C(F)F)c3)S(=O)(=O)N2)no1. The quantitative estimate of drug-likeness (QED) is 0.573. The van der Waals surface area contributed by atoms with Gasteiger partial charge < -0.3 is 19.1 Å². The lowest BCUT2D eigenvalue weighted by Gasteiger charge is -2.26. The predicted molar refractivity (Wildman–Crippen MR) is 112 cm³/mol. The molecule has 0 saturated heterocycles. The number of halogens is 2. The monoisotopic (exact) mass is 481 g/mol. The van der Waals surface area contributed by atoms with E-state index >= 15 is 0 Å². The number of anilines is 1. The van der Waals surface area contributed by atoms with Gasteiger partial charge in [0.1, 0.15) is 23.0 Å². The van der Waals surface area contributed by atoms with Crippen LogP contribution >= 0.6 is 0 Å². The molecule has 10 nitrogen and oxygen atoms in total. The Bertz CT molecular complexity index is 1320. The first kappa shape index (κ1) is 22.9. The van der Waals surface area contributed by atoms with E-state index in [9.17, 15) is 22.0 Å². The molecule has 1 unspecified atom stereocenters. The van der Waals surface area contributed by atoms with E-state index in [-0.39, 0.29) is 35.1 Å². The number of aromatic nitrogens is 3. The topological polar surface area (TPSA) is 128 Å². The fourth-order valence-electron chi connectivity index (χ4n) is 3.63. The number of carbonyl (C=O) groups is 1. The summed E-state index contributed by atoms with van der Waals surface area (Å²) in [5.41, 5.74) is -1.02. The average molecular weight is 481 g/mol. The van der Waals surface area contributed by atoms with E-state index in [2.05, 4.69) is 20.2 Å². The van der Waals surface area contributed by atoms with Crippen molar-refractivity contribution in [1.82, 2.24) is 19.4 Å². The van der Waals surface area contributed by atoms with Gasteiger partial charge in [0.15, 0.2) is 11.4 Å². The molecule has 0 fully saturated rings. The molecule has 0 saturated carbocycles. The van der Waals surface area contributed by atoms with Crippen molar-refractivity contribution >= 4 is 21.6 Å². The summed E-state index contributed by atoms with van der Waals surface area (Å²) in [5.74, 6) is -0.276. The maximum absolute atomic E-state index is 13.1. The molecule has 1 amide bonds. The van der Waals surface area contributed by atoms with Crippen LogP contribution in [0.4, 0.5) is 14.5 Å². The Balaban J connectivity index is 1.64. The third kappa shape index (κ3) is 4.59. The molecule has 3 aromatic heterocycles. The average Bonchev–Trinajstić information content (AvgIpc) is 3.26. The number of amides is 1. The molecule has 13 heteroatoms. The van der Waals surface area contributed by atoms with Crippen molar-refractivity contribution in [2.45, 2.75) is 37.1 Å². The minimum absolute atomic E-state index is 0.0766. The van der Waals surface area contributed by atoms with Gasteiger partial charge in [-0.1, -0.05) is 5.16 Å². The number of hydrogen-bond donors (Lipinski definition) is 2. The number of ether oxygens (including phenoxy) is 1. The molecule has 4 heterocycles. The van der Waals surface area contributed by atoms with Gasteiger partial charge in [-0.2, -0.15) is 0 Å². The molecule has 0 bridgehead atoms. The van der Waals surface area contributed by atoms with E-state index in [0.717, 1.165) is 12.3 Å². The summed E-state index contributed by atoms with van der Waals surface area (Å²) in [6, 6.07) is 4.08. The van der Waals surface area contributed by atoms with Crippen LogP contribution in [0.3, 0.4) is 0 Å². The van der Waals surface area contributed by atoms with Crippen LogP contribution in [-0.4, -0.2) is 41.2 Å². The molecule has 2 N–H and O–H groups in total. The van der Waals surface area contributed by atoms with E-state index in [0.29, 0.717) is 11.5 Å². The Kier molecular flexibility index (Phi) is 5.70. The fraction of sp³-hybridized carbons (Fsp3) is 0.350. The molecule has 3 aromatic rings. The molecule has 4 rings (SSSR count). The first-order valence-corrected chi connectivity index (χ1v) is 11.3. The Morgan fingerprint density at radius 1 is 1.39 bits per heavy atom. The standard InChI is InChI=1S/C20H21F2N5O5S/c1-11-6-13(25-32-11)8-20(2)10-31-17-15(33(29,30)26-20)9-27(3)16(17)19(28)24-12-4-5-23-14(7-12)18(21)22/h4-7,9,18,26H,8,10H2,1-3H3,(H,23,24,28). The van der Waals surface area contributed by atoms with Crippen LogP contribution in [0.2, 0.25) is 0 Å². The highest BCUT2D eigenvalue weighted by molar-refractivity contribution is 7.89. The largest absolute Gasteiger partial charge is 0.488 e. The molecule has 0 radical (unpaired) electrons.